The number of nitrogens with zero attached hydrogens (tertiary/aromatic N) is 1. The smallest absolute Gasteiger partial charge is 0.127 e. The van der Waals surface area contributed by atoms with Crippen molar-refractivity contribution in [3.05, 3.63) is 17.5 Å². The molecule has 1 aromatic rings. The summed E-state index contributed by atoms with van der Waals surface area (Å²) in [6, 6.07) is 1.12. The Labute approximate surface area is 83.9 Å². The van der Waals surface area contributed by atoms with E-state index in [9.17, 15) is 0 Å². The van der Waals surface area contributed by atoms with Crippen LogP contribution in [0.2, 0.25) is 0 Å². The molecule has 3 heteroatoms. The minimum Gasteiger partial charge on any atom is -0.364 e. The third-order valence-electron chi connectivity index (χ3n) is 4.18. The molecule has 2 heterocycles. The SMILES string of the molecule is CC(C)C12c3nocc3C[C@H]1NC2C. The fourth-order valence-corrected chi connectivity index (χ4v) is 3.54. The van der Waals surface area contributed by atoms with Gasteiger partial charge in [-0.2, -0.15) is 0 Å². The highest BCUT2D eigenvalue weighted by Crippen LogP contribution is 2.51. The molecule has 3 atom stereocenters. The number of nitrogens with one attached hydrogen (secondary N) is 1. The Morgan fingerprint density at radius 2 is 2.43 bits per heavy atom. The fourth-order valence-electron chi connectivity index (χ4n) is 3.54. The minimum absolute atomic E-state index is 0.238. The van der Waals surface area contributed by atoms with Crippen LogP contribution in [-0.4, -0.2) is 17.2 Å². The first-order valence-corrected chi connectivity index (χ1v) is 5.37. The third kappa shape index (κ3) is 0.682. The monoisotopic (exact) mass is 192 g/mol. The van der Waals surface area contributed by atoms with Crippen molar-refractivity contribution in [2.45, 2.75) is 44.7 Å². The van der Waals surface area contributed by atoms with Gasteiger partial charge in [0.15, 0.2) is 0 Å². The molecule has 2 aliphatic rings. The van der Waals surface area contributed by atoms with E-state index in [1.54, 1.807) is 0 Å². The molecule has 3 rings (SSSR count). The van der Waals surface area contributed by atoms with Gasteiger partial charge in [0.2, 0.25) is 0 Å². The normalized spacial score (nSPS) is 39.4. The van der Waals surface area contributed by atoms with E-state index in [1.165, 1.54) is 11.3 Å². The van der Waals surface area contributed by atoms with Gasteiger partial charge >= 0.3 is 0 Å². The third-order valence-corrected chi connectivity index (χ3v) is 4.18. The van der Waals surface area contributed by atoms with Crippen LogP contribution in [0.4, 0.5) is 0 Å². The number of aromatic nitrogens is 1. The second kappa shape index (κ2) is 2.40. The zero-order valence-electron chi connectivity index (χ0n) is 8.87. The highest BCUT2D eigenvalue weighted by atomic mass is 16.5. The van der Waals surface area contributed by atoms with Gasteiger partial charge in [0.25, 0.3) is 0 Å². The van der Waals surface area contributed by atoms with Gasteiger partial charge in [-0.25, -0.2) is 0 Å². The standard InChI is InChI=1S/C11H16N2O/c1-6(2)11-7(3)12-9(11)4-8-5-14-13-10(8)11/h5-7,9,12H,4H2,1-3H3/t7?,9-,11?/m1/s1. The Morgan fingerprint density at radius 3 is 3.07 bits per heavy atom. The van der Waals surface area contributed by atoms with Crippen molar-refractivity contribution in [1.82, 2.24) is 10.5 Å². The first-order valence-electron chi connectivity index (χ1n) is 5.37. The summed E-state index contributed by atoms with van der Waals surface area (Å²) < 4.78 is 5.09. The number of rotatable bonds is 1. The van der Waals surface area contributed by atoms with Gasteiger partial charge in [0, 0.05) is 23.1 Å². The van der Waals surface area contributed by atoms with Gasteiger partial charge in [-0.1, -0.05) is 19.0 Å². The van der Waals surface area contributed by atoms with Crippen molar-refractivity contribution in [2.75, 3.05) is 0 Å². The fraction of sp³-hybridized carbons (Fsp3) is 0.727. The highest BCUT2D eigenvalue weighted by Gasteiger charge is 2.61. The van der Waals surface area contributed by atoms with Crippen LogP contribution in [-0.2, 0) is 11.8 Å². The first kappa shape index (κ1) is 8.48. The Hall–Kier alpha value is -0.830. The summed E-state index contributed by atoms with van der Waals surface area (Å²) in [7, 11) is 0. The van der Waals surface area contributed by atoms with E-state index in [2.05, 4.69) is 31.2 Å². The van der Waals surface area contributed by atoms with Crippen molar-refractivity contribution in [3.63, 3.8) is 0 Å². The van der Waals surface area contributed by atoms with Crippen molar-refractivity contribution < 1.29 is 4.52 Å². The minimum atomic E-state index is 0.238. The molecule has 0 bridgehead atoms. The quantitative estimate of drug-likeness (QED) is 0.732. The van der Waals surface area contributed by atoms with Crippen LogP contribution in [0.5, 0.6) is 0 Å². The molecule has 0 spiro atoms. The predicted molar refractivity (Wildman–Crippen MR) is 53.1 cm³/mol. The summed E-state index contributed by atoms with van der Waals surface area (Å²) >= 11 is 0. The molecule has 1 aliphatic heterocycles. The lowest BCUT2D eigenvalue weighted by atomic mass is 9.61. The van der Waals surface area contributed by atoms with Gasteiger partial charge in [-0.15, -0.1) is 0 Å². The number of fused-ring (bicyclic) bond motifs is 3. The van der Waals surface area contributed by atoms with E-state index in [-0.39, 0.29) is 5.41 Å². The lowest BCUT2D eigenvalue weighted by Crippen LogP contribution is -2.72. The number of hydrogen-bond donors (Lipinski definition) is 1. The van der Waals surface area contributed by atoms with E-state index < -0.39 is 0 Å². The maximum Gasteiger partial charge on any atom is 0.127 e. The van der Waals surface area contributed by atoms with Gasteiger partial charge in [0.05, 0.1) is 5.69 Å². The topological polar surface area (TPSA) is 38.1 Å². The van der Waals surface area contributed by atoms with E-state index in [0.717, 1.165) is 6.42 Å². The Balaban J connectivity index is 2.15. The van der Waals surface area contributed by atoms with E-state index in [4.69, 9.17) is 4.52 Å². The van der Waals surface area contributed by atoms with Crippen molar-refractivity contribution >= 4 is 0 Å². The molecule has 76 valence electrons. The molecule has 2 unspecified atom stereocenters. The van der Waals surface area contributed by atoms with Crippen molar-refractivity contribution in [2.24, 2.45) is 5.92 Å². The van der Waals surface area contributed by atoms with Gasteiger partial charge in [-0.05, 0) is 19.3 Å². The molecule has 1 saturated heterocycles. The first-order chi connectivity index (χ1) is 6.67. The molecule has 3 nitrogen and oxygen atoms in total. The van der Waals surface area contributed by atoms with Crippen LogP contribution in [0.3, 0.4) is 0 Å². The molecule has 0 radical (unpaired) electrons. The average molecular weight is 192 g/mol. The molecule has 0 saturated carbocycles. The largest absolute Gasteiger partial charge is 0.364 e. The summed E-state index contributed by atoms with van der Waals surface area (Å²) in [4.78, 5) is 0. The molecular formula is C11H16N2O. The Morgan fingerprint density at radius 1 is 1.64 bits per heavy atom. The molecule has 14 heavy (non-hydrogen) atoms. The zero-order valence-corrected chi connectivity index (χ0v) is 8.87. The molecule has 1 aromatic heterocycles. The van der Waals surface area contributed by atoms with Crippen LogP contribution in [0.15, 0.2) is 10.8 Å². The van der Waals surface area contributed by atoms with E-state index >= 15 is 0 Å². The van der Waals surface area contributed by atoms with Gasteiger partial charge < -0.3 is 9.84 Å². The highest BCUT2D eigenvalue weighted by molar-refractivity contribution is 5.42. The lowest BCUT2D eigenvalue weighted by molar-refractivity contribution is 0.0639. The maximum atomic E-state index is 5.09. The molecule has 0 amide bonds. The molecule has 0 aromatic carbocycles. The molecule has 1 aliphatic carbocycles. The molecule has 1 N–H and O–H groups in total. The Kier molecular flexibility index (Phi) is 1.45. The van der Waals surface area contributed by atoms with Crippen LogP contribution in [0.25, 0.3) is 0 Å². The second-order valence-corrected chi connectivity index (χ2v) is 4.92. The number of hydrogen-bond acceptors (Lipinski definition) is 3. The molecular weight excluding hydrogens is 176 g/mol. The van der Waals surface area contributed by atoms with E-state index in [1.807, 2.05) is 6.26 Å². The van der Waals surface area contributed by atoms with Crippen LogP contribution in [0.1, 0.15) is 32.0 Å². The average Bonchev–Trinajstić information content (AvgIpc) is 2.59. The van der Waals surface area contributed by atoms with Gasteiger partial charge in [0.1, 0.15) is 6.26 Å². The Bertz CT molecular complexity index is 364. The summed E-state index contributed by atoms with van der Waals surface area (Å²) in [5.41, 5.74) is 2.76. The van der Waals surface area contributed by atoms with Crippen LogP contribution in [0, 0.1) is 5.92 Å². The summed E-state index contributed by atoms with van der Waals surface area (Å²) in [6.45, 7) is 6.82. The second-order valence-electron chi connectivity index (χ2n) is 4.92. The summed E-state index contributed by atoms with van der Waals surface area (Å²) in [6.07, 6.45) is 2.90. The van der Waals surface area contributed by atoms with Crippen molar-refractivity contribution in [3.8, 4) is 0 Å². The summed E-state index contributed by atoms with van der Waals surface area (Å²) in [5.74, 6) is 0.620. The van der Waals surface area contributed by atoms with Crippen LogP contribution >= 0.6 is 0 Å². The summed E-state index contributed by atoms with van der Waals surface area (Å²) in [5, 5.41) is 7.79. The van der Waals surface area contributed by atoms with Gasteiger partial charge in [-0.3, -0.25) is 0 Å². The van der Waals surface area contributed by atoms with Crippen molar-refractivity contribution in [1.29, 1.82) is 0 Å². The predicted octanol–water partition coefficient (Wildman–Crippen LogP) is 1.48. The zero-order chi connectivity index (χ0) is 9.92. The van der Waals surface area contributed by atoms with Crippen LogP contribution < -0.4 is 5.32 Å². The maximum absolute atomic E-state index is 5.09. The molecule has 1 fully saturated rings. The van der Waals surface area contributed by atoms with E-state index in [0.29, 0.717) is 18.0 Å². The lowest BCUT2D eigenvalue weighted by Gasteiger charge is -2.54.